The minimum atomic E-state index is -3.78. The highest BCUT2D eigenvalue weighted by Crippen LogP contribution is 2.26. The van der Waals surface area contributed by atoms with Crippen molar-refractivity contribution in [3.8, 4) is 0 Å². The molecule has 23 heavy (non-hydrogen) atoms. The summed E-state index contributed by atoms with van der Waals surface area (Å²) in [5.74, 6) is 0.124. The molecule has 2 atom stereocenters. The smallest absolute Gasteiger partial charge is 0.242 e. The maximum Gasteiger partial charge on any atom is 0.242 e. The molecule has 1 aromatic rings. The third-order valence-corrected chi connectivity index (χ3v) is 7.46. The Hall–Kier alpha value is -1.00. The standard InChI is InChI=1S/C14H23N3O4S2/c1-17(2)23(20,21)13-7-4-6-12(9-13)22(18,19)16-14-8-3-5-11(14)10-15/h4,6-7,9,11,14,16H,3,5,8,10,15H2,1-2H3. The molecule has 1 aromatic carbocycles. The Balaban J connectivity index is 2.31. The normalized spacial score (nSPS) is 22.6. The van der Waals surface area contributed by atoms with Crippen molar-refractivity contribution in [1.82, 2.24) is 9.03 Å². The van der Waals surface area contributed by atoms with Crippen LogP contribution in [0.5, 0.6) is 0 Å². The van der Waals surface area contributed by atoms with Crippen LogP contribution in [0, 0.1) is 5.92 Å². The molecule has 3 N–H and O–H groups in total. The van der Waals surface area contributed by atoms with Crippen molar-refractivity contribution < 1.29 is 16.8 Å². The summed E-state index contributed by atoms with van der Waals surface area (Å²) in [5.41, 5.74) is 5.68. The summed E-state index contributed by atoms with van der Waals surface area (Å²) in [7, 11) is -4.66. The average molecular weight is 361 g/mol. The van der Waals surface area contributed by atoms with Gasteiger partial charge in [-0.05, 0) is 43.5 Å². The van der Waals surface area contributed by atoms with Gasteiger partial charge in [0, 0.05) is 20.1 Å². The molecule has 130 valence electrons. The molecule has 7 nitrogen and oxygen atoms in total. The van der Waals surface area contributed by atoms with E-state index in [-0.39, 0.29) is 21.8 Å². The maximum atomic E-state index is 12.5. The van der Waals surface area contributed by atoms with Gasteiger partial charge in [0.15, 0.2) is 0 Å². The second kappa shape index (κ2) is 6.86. The van der Waals surface area contributed by atoms with Gasteiger partial charge in [-0.2, -0.15) is 0 Å². The summed E-state index contributed by atoms with van der Waals surface area (Å²) in [4.78, 5) is -0.102. The van der Waals surface area contributed by atoms with Crippen molar-refractivity contribution in [2.75, 3.05) is 20.6 Å². The van der Waals surface area contributed by atoms with E-state index in [1.807, 2.05) is 0 Å². The number of hydrogen-bond donors (Lipinski definition) is 2. The molecule has 0 aliphatic heterocycles. The van der Waals surface area contributed by atoms with Crippen LogP contribution in [0.1, 0.15) is 19.3 Å². The molecule has 0 saturated heterocycles. The van der Waals surface area contributed by atoms with Crippen LogP contribution in [0.15, 0.2) is 34.1 Å². The van der Waals surface area contributed by atoms with E-state index in [0.717, 1.165) is 23.6 Å². The summed E-state index contributed by atoms with van der Waals surface area (Å²) >= 11 is 0. The third kappa shape index (κ3) is 3.92. The van der Waals surface area contributed by atoms with Crippen LogP contribution in [-0.2, 0) is 20.0 Å². The van der Waals surface area contributed by atoms with Gasteiger partial charge in [0.1, 0.15) is 0 Å². The van der Waals surface area contributed by atoms with E-state index in [2.05, 4.69) is 4.72 Å². The molecular formula is C14H23N3O4S2. The molecule has 0 heterocycles. The number of nitrogens with two attached hydrogens (primary N) is 1. The SMILES string of the molecule is CN(C)S(=O)(=O)c1cccc(S(=O)(=O)NC2CCCC2CN)c1. The first kappa shape index (κ1) is 18.3. The Morgan fingerprint density at radius 3 is 2.43 bits per heavy atom. The lowest BCUT2D eigenvalue weighted by Crippen LogP contribution is -2.39. The fraction of sp³-hybridized carbons (Fsp3) is 0.571. The first-order valence-electron chi connectivity index (χ1n) is 7.43. The van der Waals surface area contributed by atoms with Crippen molar-refractivity contribution in [2.45, 2.75) is 35.1 Å². The Labute approximate surface area is 138 Å². The molecule has 0 spiro atoms. The Morgan fingerprint density at radius 2 is 1.83 bits per heavy atom. The number of rotatable bonds is 6. The largest absolute Gasteiger partial charge is 0.330 e. The third-order valence-electron chi connectivity index (χ3n) is 4.16. The van der Waals surface area contributed by atoms with Crippen molar-refractivity contribution >= 4 is 20.0 Å². The van der Waals surface area contributed by atoms with E-state index >= 15 is 0 Å². The minimum absolute atomic E-state index is 0.0489. The molecule has 1 fully saturated rings. The van der Waals surface area contributed by atoms with Gasteiger partial charge in [-0.15, -0.1) is 0 Å². The molecule has 1 aliphatic rings. The fourth-order valence-electron chi connectivity index (χ4n) is 2.75. The van der Waals surface area contributed by atoms with Gasteiger partial charge in [-0.3, -0.25) is 0 Å². The van der Waals surface area contributed by atoms with E-state index in [1.54, 1.807) is 0 Å². The van der Waals surface area contributed by atoms with Crippen LogP contribution >= 0.6 is 0 Å². The van der Waals surface area contributed by atoms with E-state index in [9.17, 15) is 16.8 Å². The first-order chi connectivity index (χ1) is 10.7. The highest BCUT2D eigenvalue weighted by molar-refractivity contribution is 7.90. The number of nitrogens with zero attached hydrogens (tertiary/aromatic N) is 1. The van der Waals surface area contributed by atoms with Gasteiger partial charge in [-0.25, -0.2) is 25.9 Å². The van der Waals surface area contributed by atoms with Gasteiger partial charge in [0.05, 0.1) is 9.79 Å². The molecule has 0 amide bonds. The van der Waals surface area contributed by atoms with Crippen molar-refractivity contribution in [3.63, 3.8) is 0 Å². The number of hydrogen-bond acceptors (Lipinski definition) is 5. The zero-order valence-corrected chi connectivity index (χ0v) is 14.9. The molecule has 1 aliphatic carbocycles. The van der Waals surface area contributed by atoms with Crippen molar-refractivity contribution in [1.29, 1.82) is 0 Å². The quantitative estimate of drug-likeness (QED) is 0.759. The monoisotopic (exact) mass is 361 g/mol. The summed E-state index contributed by atoms with van der Waals surface area (Å²) < 4.78 is 53.1. The fourth-order valence-corrected chi connectivity index (χ4v) is 5.16. The van der Waals surface area contributed by atoms with E-state index < -0.39 is 20.0 Å². The summed E-state index contributed by atoms with van der Waals surface area (Å²) in [5, 5.41) is 0. The molecule has 9 heteroatoms. The second-order valence-corrected chi connectivity index (χ2v) is 9.78. The number of sulfonamides is 2. The zero-order chi connectivity index (χ0) is 17.3. The predicted octanol–water partition coefficient (Wildman–Crippen LogP) is 0.343. The van der Waals surface area contributed by atoms with Crippen molar-refractivity contribution in [3.05, 3.63) is 24.3 Å². The Morgan fingerprint density at radius 1 is 1.17 bits per heavy atom. The Bertz CT molecular complexity index is 760. The molecule has 0 radical (unpaired) electrons. The lowest BCUT2D eigenvalue weighted by atomic mass is 10.1. The van der Waals surface area contributed by atoms with Gasteiger partial charge in [-0.1, -0.05) is 12.5 Å². The van der Waals surface area contributed by atoms with Crippen LogP contribution in [0.2, 0.25) is 0 Å². The number of nitrogens with one attached hydrogen (secondary N) is 1. The van der Waals surface area contributed by atoms with Crippen LogP contribution in [0.3, 0.4) is 0 Å². The van der Waals surface area contributed by atoms with Gasteiger partial charge < -0.3 is 5.73 Å². The second-order valence-electron chi connectivity index (χ2n) is 5.92. The molecular weight excluding hydrogens is 338 g/mol. The van der Waals surface area contributed by atoms with Crippen LogP contribution < -0.4 is 10.5 Å². The minimum Gasteiger partial charge on any atom is -0.330 e. The van der Waals surface area contributed by atoms with Crippen LogP contribution in [0.4, 0.5) is 0 Å². The predicted molar refractivity (Wildman–Crippen MR) is 87.8 cm³/mol. The highest BCUT2D eigenvalue weighted by Gasteiger charge is 2.31. The highest BCUT2D eigenvalue weighted by atomic mass is 32.2. The molecule has 0 aromatic heterocycles. The average Bonchev–Trinajstić information content (AvgIpc) is 2.93. The molecule has 1 saturated carbocycles. The molecule has 2 unspecified atom stereocenters. The zero-order valence-electron chi connectivity index (χ0n) is 13.3. The van der Waals surface area contributed by atoms with E-state index in [4.69, 9.17) is 5.73 Å². The van der Waals surface area contributed by atoms with E-state index in [1.165, 1.54) is 38.4 Å². The lowest BCUT2D eigenvalue weighted by molar-refractivity contribution is 0.453. The summed E-state index contributed by atoms with van der Waals surface area (Å²) in [6.45, 7) is 0.433. The summed E-state index contributed by atoms with van der Waals surface area (Å²) in [6, 6.07) is 5.19. The topological polar surface area (TPSA) is 110 Å². The van der Waals surface area contributed by atoms with Crippen molar-refractivity contribution in [2.24, 2.45) is 11.7 Å². The summed E-state index contributed by atoms with van der Waals surface area (Å²) in [6.07, 6.45) is 2.58. The maximum absolute atomic E-state index is 12.5. The van der Waals surface area contributed by atoms with Crippen LogP contribution in [-0.4, -0.2) is 47.8 Å². The number of benzene rings is 1. The van der Waals surface area contributed by atoms with Gasteiger partial charge in [0.2, 0.25) is 20.0 Å². The van der Waals surface area contributed by atoms with Gasteiger partial charge in [0.25, 0.3) is 0 Å². The lowest BCUT2D eigenvalue weighted by Gasteiger charge is -2.20. The van der Waals surface area contributed by atoms with Crippen LogP contribution in [0.25, 0.3) is 0 Å². The van der Waals surface area contributed by atoms with Gasteiger partial charge >= 0.3 is 0 Å². The molecule has 0 bridgehead atoms. The Kier molecular flexibility index (Phi) is 5.47. The molecule has 2 rings (SSSR count). The van der Waals surface area contributed by atoms with E-state index in [0.29, 0.717) is 6.54 Å². The first-order valence-corrected chi connectivity index (χ1v) is 10.4.